The molecule has 0 aliphatic carbocycles. The lowest BCUT2D eigenvalue weighted by molar-refractivity contribution is 0.0948. The molecule has 34 heavy (non-hydrogen) atoms. The molecule has 2 amide bonds. The van der Waals surface area contributed by atoms with Gasteiger partial charge in [0.2, 0.25) is 0 Å². The van der Waals surface area contributed by atoms with Crippen LogP contribution in [0.15, 0.2) is 73.3 Å². The van der Waals surface area contributed by atoms with E-state index in [-0.39, 0.29) is 11.8 Å². The van der Waals surface area contributed by atoms with Gasteiger partial charge in [0, 0.05) is 48.9 Å². The molecule has 0 radical (unpaired) electrons. The third-order valence-electron chi connectivity index (χ3n) is 5.19. The summed E-state index contributed by atoms with van der Waals surface area (Å²) in [6.45, 7) is 0.554. The van der Waals surface area contributed by atoms with Crippen molar-refractivity contribution in [2.45, 2.75) is 12.8 Å². The summed E-state index contributed by atoms with van der Waals surface area (Å²) in [5.74, 6) is 5.92. The summed E-state index contributed by atoms with van der Waals surface area (Å²) in [6, 6.07) is 14.3. The van der Waals surface area contributed by atoms with Gasteiger partial charge in [0.25, 0.3) is 11.8 Å². The smallest absolute Gasteiger partial charge is 0.251 e. The highest BCUT2D eigenvalue weighted by atomic mass is 16.2. The van der Waals surface area contributed by atoms with Crippen molar-refractivity contribution in [3.8, 4) is 17.5 Å². The maximum atomic E-state index is 12.7. The van der Waals surface area contributed by atoms with Gasteiger partial charge >= 0.3 is 0 Å². The lowest BCUT2D eigenvalue weighted by Gasteiger charge is -2.09. The first-order valence-electron chi connectivity index (χ1n) is 10.9. The maximum absolute atomic E-state index is 12.7. The van der Waals surface area contributed by atoms with Crippen molar-refractivity contribution >= 4 is 11.8 Å². The van der Waals surface area contributed by atoms with Crippen LogP contribution in [0.25, 0.3) is 5.69 Å². The van der Waals surface area contributed by atoms with Crippen LogP contribution in [0.2, 0.25) is 0 Å². The predicted octanol–water partition coefficient (Wildman–Crippen LogP) is 2.72. The fraction of sp³-hybridized carbons (Fsp3) is 0.154. The summed E-state index contributed by atoms with van der Waals surface area (Å²) in [6.07, 6.45) is 8.79. The number of H-pyrrole nitrogens is 1. The molecular weight excluding hydrogens is 428 g/mol. The Morgan fingerprint density at radius 1 is 1.06 bits per heavy atom. The van der Waals surface area contributed by atoms with E-state index in [0.29, 0.717) is 28.8 Å². The number of hydrogen-bond donors (Lipinski definition) is 3. The molecule has 0 bridgehead atoms. The van der Waals surface area contributed by atoms with Crippen molar-refractivity contribution in [1.82, 2.24) is 30.6 Å². The molecule has 0 atom stereocenters. The molecular formula is C26H24N6O2. The Bertz CT molecular complexity index is 1330. The first-order chi connectivity index (χ1) is 16.6. The van der Waals surface area contributed by atoms with E-state index in [9.17, 15) is 9.59 Å². The van der Waals surface area contributed by atoms with Crippen LogP contribution in [0, 0.1) is 11.8 Å². The zero-order valence-electron chi connectivity index (χ0n) is 18.7. The number of carbonyl (C=O) groups excluding carboxylic acids is 2. The third kappa shape index (κ3) is 5.58. The molecule has 0 spiro atoms. The van der Waals surface area contributed by atoms with Crippen molar-refractivity contribution < 1.29 is 9.59 Å². The van der Waals surface area contributed by atoms with E-state index in [1.54, 1.807) is 54.5 Å². The number of rotatable bonds is 7. The Hall–Kier alpha value is -4.64. The molecule has 0 fully saturated rings. The van der Waals surface area contributed by atoms with E-state index in [1.807, 2.05) is 30.6 Å². The SMILES string of the molecule is CNC(=O)c1cccc(C#Cc2cc(C(=O)NCCCc3cn[nH]c3)ccc2-n2cccn2)c1. The van der Waals surface area contributed by atoms with Gasteiger partial charge < -0.3 is 10.6 Å². The average molecular weight is 453 g/mol. The minimum absolute atomic E-state index is 0.163. The summed E-state index contributed by atoms with van der Waals surface area (Å²) in [4.78, 5) is 24.7. The van der Waals surface area contributed by atoms with E-state index in [4.69, 9.17) is 0 Å². The Morgan fingerprint density at radius 3 is 2.71 bits per heavy atom. The Balaban J connectivity index is 1.54. The van der Waals surface area contributed by atoms with E-state index in [2.05, 4.69) is 37.8 Å². The molecule has 8 nitrogen and oxygen atoms in total. The minimum Gasteiger partial charge on any atom is -0.355 e. The van der Waals surface area contributed by atoms with Gasteiger partial charge in [-0.3, -0.25) is 14.7 Å². The third-order valence-corrected chi connectivity index (χ3v) is 5.19. The molecule has 0 saturated carbocycles. The van der Waals surface area contributed by atoms with Gasteiger partial charge in [-0.15, -0.1) is 0 Å². The highest BCUT2D eigenvalue weighted by Crippen LogP contribution is 2.16. The number of aryl methyl sites for hydroxylation is 1. The first kappa shape index (κ1) is 22.6. The van der Waals surface area contributed by atoms with Crippen LogP contribution in [0.3, 0.4) is 0 Å². The van der Waals surface area contributed by atoms with Gasteiger partial charge in [-0.25, -0.2) is 4.68 Å². The second kappa shape index (κ2) is 10.8. The van der Waals surface area contributed by atoms with Crippen LogP contribution in [0.1, 0.15) is 43.8 Å². The summed E-state index contributed by atoms with van der Waals surface area (Å²) in [7, 11) is 1.59. The van der Waals surface area contributed by atoms with E-state index in [1.165, 1.54) is 0 Å². The van der Waals surface area contributed by atoms with E-state index in [0.717, 1.165) is 24.1 Å². The Labute approximate surface area is 197 Å². The topological polar surface area (TPSA) is 105 Å². The molecule has 4 rings (SSSR count). The van der Waals surface area contributed by atoms with E-state index < -0.39 is 0 Å². The number of aromatic nitrogens is 4. The van der Waals surface area contributed by atoms with Crippen molar-refractivity contribution in [1.29, 1.82) is 0 Å². The maximum Gasteiger partial charge on any atom is 0.251 e. The summed E-state index contributed by atoms with van der Waals surface area (Å²) in [5.41, 5.74) is 4.27. The molecule has 2 heterocycles. The number of amides is 2. The predicted molar refractivity (Wildman–Crippen MR) is 129 cm³/mol. The fourth-order valence-corrected chi connectivity index (χ4v) is 3.42. The lowest BCUT2D eigenvalue weighted by Crippen LogP contribution is -2.25. The number of aromatic amines is 1. The number of carbonyl (C=O) groups is 2. The van der Waals surface area contributed by atoms with Crippen LogP contribution in [0.5, 0.6) is 0 Å². The standard InChI is InChI=1S/C26H24N6O2/c1-27-25(33)22-7-2-5-19(15-22)8-9-21-16-23(10-11-24(21)32-14-4-13-31-32)26(34)28-12-3-6-20-17-29-30-18-20/h2,4-5,7,10-11,13-18H,3,6,12H2,1H3,(H,27,33)(H,28,34)(H,29,30). The van der Waals surface area contributed by atoms with Crippen LogP contribution in [-0.2, 0) is 6.42 Å². The van der Waals surface area contributed by atoms with E-state index >= 15 is 0 Å². The fourth-order valence-electron chi connectivity index (χ4n) is 3.42. The summed E-state index contributed by atoms with van der Waals surface area (Å²) < 4.78 is 1.71. The highest BCUT2D eigenvalue weighted by molar-refractivity contribution is 5.95. The number of nitrogens with one attached hydrogen (secondary N) is 3. The van der Waals surface area contributed by atoms with Gasteiger partial charge in [-0.1, -0.05) is 17.9 Å². The van der Waals surface area contributed by atoms with Crippen LogP contribution >= 0.6 is 0 Å². The van der Waals surface area contributed by atoms with Crippen LogP contribution in [0.4, 0.5) is 0 Å². The molecule has 2 aromatic carbocycles. The number of hydrogen-bond acceptors (Lipinski definition) is 4. The molecule has 170 valence electrons. The number of nitrogens with zero attached hydrogens (tertiary/aromatic N) is 3. The summed E-state index contributed by atoms with van der Waals surface area (Å²) >= 11 is 0. The molecule has 0 saturated heterocycles. The highest BCUT2D eigenvalue weighted by Gasteiger charge is 2.10. The number of benzene rings is 2. The molecule has 2 aromatic heterocycles. The normalized spacial score (nSPS) is 10.3. The van der Waals surface area contributed by atoms with Gasteiger partial charge in [-0.05, 0) is 60.9 Å². The second-order valence-electron chi connectivity index (χ2n) is 7.56. The quantitative estimate of drug-likeness (QED) is 0.296. The Morgan fingerprint density at radius 2 is 1.94 bits per heavy atom. The lowest BCUT2D eigenvalue weighted by atomic mass is 10.1. The minimum atomic E-state index is -0.174. The molecule has 0 aliphatic heterocycles. The van der Waals surface area contributed by atoms with Crippen LogP contribution < -0.4 is 10.6 Å². The monoisotopic (exact) mass is 452 g/mol. The average Bonchev–Trinajstić information content (AvgIpc) is 3.59. The molecule has 8 heteroatoms. The van der Waals surface area contributed by atoms with Crippen molar-refractivity contribution in [3.05, 3.63) is 101 Å². The zero-order valence-corrected chi connectivity index (χ0v) is 18.7. The van der Waals surface area contributed by atoms with Gasteiger partial charge in [0.15, 0.2) is 0 Å². The van der Waals surface area contributed by atoms with Gasteiger partial charge in [0.05, 0.1) is 17.4 Å². The second-order valence-corrected chi connectivity index (χ2v) is 7.56. The Kier molecular flexibility index (Phi) is 7.16. The van der Waals surface area contributed by atoms with Crippen LogP contribution in [-0.4, -0.2) is 45.4 Å². The van der Waals surface area contributed by atoms with Crippen molar-refractivity contribution in [2.75, 3.05) is 13.6 Å². The largest absolute Gasteiger partial charge is 0.355 e. The zero-order chi connectivity index (χ0) is 23.8. The first-order valence-corrected chi connectivity index (χ1v) is 10.9. The van der Waals surface area contributed by atoms with Crippen molar-refractivity contribution in [3.63, 3.8) is 0 Å². The van der Waals surface area contributed by atoms with Gasteiger partial charge in [-0.2, -0.15) is 10.2 Å². The van der Waals surface area contributed by atoms with Gasteiger partial charge in [0.1, 0.15) is 0 Å². The molecule has 4 aromatic rings. The molecule has 3 N–H and O–H groups in total. The molecule has 0 aliphatic rings. The molecule has 0 unspecified atom stereocenters. The van der Waals surface area contributed by atoms with Crippen molar-refractivity contribution in [2.24, 2.45) is 0 Å². The summed E-state index contributed by atoms with van der Waals surface area (Å²) in [5, 5.41) is 16.6.